The third kappa shape index (κ3) is 26.6. The van der Waals surface area contributed by atoms with E-state index < -0.39 is 62.5 Å². The van der Waals surface area contributed by atoms with Crippen LogP contribution in [0.25, 0.3) is 0 Å². The molecule has 0 heterocycles. The van der Waals surface area contributed by atoms with Gasteiger partial charge in [-0.1, -0.05) is 198 Å². The van der Waals surface area contributed by atoms with Crippen molar-refractivity contribution in [3.05, 3.63) is 190 Å². The van der Waals surface area contributed by atoms with Crippen molar-refractivity contribution in [3.8, 4) is 0 Å². The van der Waals surface area contributed by atoms with Crippen molar-refractivity contribution in [1.82, 2.24) is 0 Å². The zero-order valence-corrected chi connectivity index (χ0v) is 61.8. The van der Waals surface area contributed by atoms with Crippen LogP contribution in [0, 0.1) is 139 Å². The number of allylic oxidation sites excluding steroid dienone is 17. The van der Waals surface area contributed by atoms with Crippen molar-refractivity contribution in [1.29, 1.82) is 0 Å². The first-order valence-corrected chi connectivity index (χ1v) is 47.9. The van der Waals surface area contributed by atoms with Gasteiger partial charge >= 0.3 is 114 Å². The molecule has 1 aromatic carbocycles. The second-order valence-electron chi connectivity index (χ2n) is 23.2. The van der Waals surface area contributed by atoms with E-state index in [1.807, 2.05) is 0 Å². The molecule has 79 heavy (non-hydrogen) atoms. The molecule has 6 fully saturated rings. The second-order valence-corrected chi connectivity index (χ2v) is 34.4. The molecule has 14 atom stereocenters. The third-order valence-electron chi connectivity index (χ3n) is 19.4. The first-order valence-electron chi connectivity index (χ1n) is 28.9. The fraction of sp³-hybridized carbons (Fsp3) is 0.571. The molecule has 6 saturated carbocycles. The van der Waals surface area contributed by atoms with Crippen molar-refractivity contribution in [3.63, 3.8) is 0 Å². The minimum atomic E-state index is -0.826. The molecule has 0 saturated heterocycles. The number of hydrogen-bond acceptors (Lipinski definition) is 0. The zero-order chi connectivity index (χ0) is 51.5. The van der Waals surface area contributed by atoms with Gasteiger partial charge in [0.05, 0.1) is 0 Å². The van der Waals surface area contributed by atoms with Gasteiger partial charge < -0.3 is 44.6 Å². The average Bonchev–Trinajstić information content (AvgIpc) is 4.31. The summed E-state index contributed by atoms with van der Waals surface area (Å²) in [5.41, 5.74) is 1.51. The molecule has 0 spiro atoms. The Balaban J connectivity index is 0.00000104. The normalized spacial score (nSPS) is 30.8. The van der Waals surface area contributed by atoms with E-state index in [-0.39, 0.29) is 44.6 Å². The first kappa shape index (κ1) is 80.3. The number of hydrogen-bond donors (Lipinski definition) is 0. The Morgan fingerprint density at radius 2 is 0.709 bits per heavy atom. The molecule has 0 radical (unpaired) electrons. The Morgan fingerprint density at radius 3 is 1.10 bits per heavy atom. The summed E-state index contributed by atoms with van der Waals surface area (Å²) in [6.45, 7) is 3.95. The number of rotatable bonds is 15. The SMILES string of the molecule is C1=CC2C(CCCc3ccccc3)CC(CCC3CCCC3)C2C=C1.C1=CC2CCC(CCC3CCC4C=CC=CC43)C2C=C1.C=CCC1CC(CCC2CCCC2)C2C=CC=CC12.[CH3-].[CH3-].[CH3-].[CH3-].[CH3-].[CH3-].[Cl][Zr+2][Cl].[Cl][Zr+2][Cl].[Cl][Zr+2][Cl]. The number of aryl methyl sites for hydroxylation is 1. The molecule has 440 valence electrons. The summed E-state index contributed by atoms with van der Waals surface area (Å²) in [5.74, 6) is 14.4. The third-order valence-corrected chi connectivity index (χ3v) is 19.4. The summed E-state index contributed by atoms with van der Waals surface area (Å²) in [5, 5.41) is 0. The van der Waals surface area contributed by atoms with E-state index in [1.54, 1.807) is 0 Å². The Kier molecular flexibility index (Phi) is 48.1. The van der Waals surface area contributed by atoms with Gasteiger partial charge in [0.2, 0.25) is 0 Å². The van der Waals surface area contributed by atoms with Crippen LogP contribution >= 0.6 is 51.1 Å². The predicted molar refractivity (Wildman–Crippen MR) is 349 cm³/mol. The van der Waals surface area contributed by atoms with Crippen LogP contribution in [-0.2, 0) is 69.0 Å². The summed E-state index contributed by atoms with van der Waals surface area (Å²) in [7, 11) is 29.6. The van der Waals surface area contributed by atoms with Crippen LogP contribution in [0.5, 0.6) is 0 Å². The van der Waals surface area contributed by atoms with Crippen molar-refractivity contribution in [2.45, 2.75) is 154 Å². The van der Waals surface area contributed by atoms with E-state index in [0.29, 0.717) is 0 Å². The first-order chi connectivity index (χ1) is 35.9. The number of benzene rings is 1. The standard InChI is InChI=1S/C25H34.C20H26.C19H28.6CH3.6ClH.3Zr/c1-2-9-20(10-3-1)13-8-14-22-19-23(18-17-21-11-4-5-12-21)25-16-7-6-15-24(22)25;1-3-7-19-15(5-1)9-11-17(19)13-14-18-12-10-16-6-2-4-8-20(16)18;1-2-7-16-14-17(13-12-15-8-3-4-9-15)19-11-6-5-10-18(16)19;;;;;;;;;;;;;;;/h1-3,6-7,9-10,15-16,21-25H,4-5,8,11-14,17-19H2;1-8,15-20H,9-14H2;2,5-6,10-11,15-19H,1,3-4,7-9,12-14H2;6*1H3;6*1H;;;/q;;;6*-1;;;;;;;3*+4/p-6. The molecule has 9 heteroatoms. The van der Waals surface area contributed by atoms with E-state index >= 15 is 0 Å². The van der Waals surface area contributed by atoms with Crippen molar-refractivity contribution in [2.75, 3.05) is 0 Å². The van der Waals surface area contributed by atoms with Crippen LogP contribution in [0.3, 0.4) is 0 Å². The van der Waals surface area contributed by atoms with Crippen molar-refractivity contribution < 1.29 is 62.5 Å². The fourth-order valence-corrected chi connectivity index (χ4v) is 15.9. The Labute approximate surface area is 546 Å². The van der Waals surface area contributed by atoms with Gasteiger partial charge in [0.25, 0.3) is 0 Å². The number of fused-ring (bicyclic) bond motifs is 4. The van der Waals surface area contributed by atoms with Gasteiger partial charge in [-0.05, 0) is 190 Å². The summed E-state index contributed by atoms with van der Waals surface area (Å²) in [4.78, 5) is 0. The summed E-state index contributed by atoms with van der Waals surface area (Å²) in [6.07, 6.45) is 75.1. The Morgan fingerprint density at radius 1 is 0.380 bits per heavy atom. The molecule has 0 nitrogen and oxygen atoms in total. The van der Waals surface area contributed by atoms with Crippen LogP contribution in [0.1, 0.15) is 153 Å². The zero-order valence-electron chi connectivity index (χ0n) is 49.9. The number of halogens is 6. The van der Waals surface area contributed by atoms with E-state index in [0.717, 1.165) is 94.7 Å². The Hall–Kier alpha value is 1.27. The maximum atomic E-state index is 4.93. The molecule has 0 N–H and O–H groups in total. The van der Waals surface area contributed by atoms with Crippen LogP contribution in [0.15, 0.2) is 140 Å². The van der Waals surface area contributed by atoms with Crippen molar-refractivity contribution >= 4 is 51.1 Å². The molecule has 1 aromatic rings. The fourth-order valence-electron chi connectivity index (χ4n) is 15.9. The monoisotopic (exact) mass is 1430 g/mol. The van der Waals surface area contributed by atoms with Gasteiger partial charge in [0, 0.05) is 0 Å². The van der Waals surface area contributed by atoms with E-state index in [1.165, 1.54) is 160 Å². The molecule has 0 amide bonds. The molecule has 11 rings (SSSR count). The summed E-state index contributed by atoms with van der Waals surface area (Å²) in [6, 6.07) is 11.0. The van der Waals surface area contributed by atoms with Gasteiger partial charge in [-0.25, -0.2) is 0 Å². The van der Waals surface area contributed by atoms with E-state index in [4.69, 9.17) is 51.1 Å². The molecular formula is C70H106Cl6Zr3. The van der Waals surface area contributed by atoms with Gasteiger partial charge in [-0.15, -0.1) is 6.58 Å². The maximum absolute atomic E-state index is 4.93. The van der Waals surface area contributed by atoms with Gasteiger partial charge in [-0.3, -0.25) is 0 Å². The van der Waals surface area contributed by atoms with Gasteiger partial charge in [-0.2, -0.15) is 0 Å². The molecule has 10 aliphatic rings. The van der Waals surface area contributed by atoms with Gasteiger partial charge in [0.1, 0.15) is 0 Å². The summed E-state index contributed by atoms with van der Waals surface area (Å²) < 4.78 is 0. The molecule has 0 aliphatic heterocycles. The van der Waals surface area contributed by atoms with E-state index in [9.17, 15) is 0 Å². The quantitative estimate of drug-likeness (QED) is 0.121. The molecular weight excluding hydrogens is 1330 g/mol. The molecule has 0 bridgehead atoms. The molecule has 0 aromatic heterocycles. The molecule has 10 aliphatic carbocycles. The van der Waals surface area contributed by atoms with Crippen molar-refractivity contribution in [2.24, 2.45) is 94.7 Å². The van der Waals surface area contributed by atoms with E-state index in [2.05, 4.69) is 140 Å². The summed E-state index contributed by atoms with van der Waals surface area (Å²) >= 11 is -2.48. The predicted octanol–water partition coefficient (Wildman–Crippen LogP) is 24.6. The van der Waals surface area contributed by atoms with Crippen LogP contribution in [0.2, 0.25) is 0 Å². The van der Waals surface area contributed by atoms with Gasteiger partial charge in [0.15, 0.2) is 0 Å². The molecule has 14 unspecified atom stereocenters. The minimum absolute atomic E-state index is 0. The van der Waals surface area contributed by atoms with Crippen LogP contribution < -0.4 is 0 Å². The van der Waals surface area contributed by atoms with Crippen LogP contribution in [0.4, 0.5) is 0 Å². The topological polar surface area (TPSA) is 0 Å². The Bertz CT molecular complexity index is 1870. The second kappa shape index (κ2) is 47.4. The van der Waals surface area contributed by atoms with Crippen LogP contribution in [-0.4, -0.2) is 0 Å². The average molecular weight is 1430 g/mol.